The van der Waals surface area contributed by atoms with Crippen LogP contribution in [-0.4, -0.2) is 29.7 Å². The molecule has 0 aromatic heterocycles. The van der Waals surface area contributed by atoms with E-state index in [1.54, 1.807) is 0 Å². The molecule has 4 nitrogen and oxygen atoms in total. The molecule has 2 aliphatic heterocycles. The van der Waals surface area contributed by atoms with E-state index in [4.69, 9.17) is 9.47 Å². The lowest BCUT2D eigenvalue weighted by Gasteiger charge is -2.57. The zero-order chi connectivity index (χ0) is 19.8. The van der Waals surface area contributed by atoms with Crippen molar-refractivity contribution >= 4 is 6.09 Å². The van der Waals surface area contributed by atoms with Crippen LogP contribution in [0.15, 0.2) is 54.1 Å². The number of allylic oxidation sites excluding steroid dienone is 1. The summed E-state index contributed by atoms with van der Waals surface area (Å²) in [7, 11) is 0. The zero-order valence-corrected chi connectivity index (χ0v) is 16.9. The highest BCUT2D eigenvalue weighted by Crippen LogP contribution is 2.62. The van der Waals surface area contributed by atoms with Crippen molar-refractivity contribution in [3.05, 3.63) is 70.8 Å². The molecule has 0 saturated carbocycles. The van der Waals surface area contributed by atoms with E-state index in [-0.39, 0.29) is 23.7 Å². The first-order valence-electron chi connectivity index (χ1n) is 10.6. The first kappa shape index (κ1) is 17.1. The molecule has 6 rings (SSSR count). The molecule has 1 amide bonds. The van der Waals surface area contributed by atoms with E-state index < -0.39 is 0 Å². The van der Waals surface area contributed by atoms with Crippen LogP contribution >= 0.6 is 0 Å². The number of rotatable bonds is 1. The smallest absolute Gasteiger partial charge is 0.415 e. The zero-order valence-electron chi connectivity index (χ0n) is 16.9. The van der Waals surface area contributed by atoms with Gasteiger partial charge in [0.2, 0.25) is 0 Å². The van der Waals surface area contributed by atoms with E-state index in [0.717, 1.165) is 25.0 Å². The summed E-state index contributed by atoms with van der Waals surface area (Å²) in [5.74, 6) is 2.09. The van der Waals surface area contributed by atoms with Gasteiger partial charge in [-0.2, -0.15) is 0 Å². The van der Waals surface area contributed by atoms with Gasteiger partial charge in [-0.15, -0.1) is 0 Å². The highest BCUT2D eigenvalue weighted by atomic mass is 16.6. The summed E-state index contributed by atoms with van der Waals surface area (Å²) in [6.07, 6.45) is 5.01. The number of nitrogens with zero attached hydrogens (tertiary/aromatic N) is 1. The molecule has 2 aromatic rings. The van der Waals surface area contributed by atoms with Crippen LogP contribution < -0.4 is 9.47 Å². The molecule has 1 spiro atoms. The lowest BCUT2D eigenvalue weighted by atomic mass is 9.52. The fraction of sp³-hybridized carbons (Fsp3) is 0.400. The topological polar surface area (TPSA) is 38.8 Å². The van der Waals surface area contributed by atoms with Gasteiger partial charge < -0.3 is 14.4 Å². The number of likely N-dealkylation sites (tertiary alicyclic amines) is 1. The largest absolute Gasteiger partial charge is 0.485 e. The lowest BCUT2D eigenvalue weighted by molar-refractivity contribution is -0.0101. The Balaban J connectivity index is 1.43. The summed E-state index contributed by atoms with van der Waals surface area (Å²) in [6, 6.07) is 14.0. The van der Waals surface area contributed by atoms with Gasteiger partial charge in [0, 0.05) is 23.6 Å². The van der Waals surface area contributed by atoms with Crippen molar-refractivity contribution in [2.45, 2.75) is 50.7 Å². The minimum absolute atomic E-state index is 0.00195. The molecule has 0 radical (unpaired) electrons. The number of aryl methyl sites for hydroxylation is 1. The second kappa shape index (κ2) is 5.88. The average Bonchev–Trinajstić information content (AvgIpc) is 3.07. The van der Waals surface area contributed by atoms with Crippen molar-refractivity contribution in [3.63, 3.8) is 0 Å². The summed E-state index contributed by atoms with van der Waals surface area (Å²) in [6.45, 7) is 5.07. The summed E-state index contributed by atoms with van der Waals surface area (Å²) in [5.41, 5.74) is 5.35. The molecule has 2 heterocycles. The normalized spacial score (nSPS) is 30.9. The number of carbonyl (C=O) groups excluding carboxylic acids is 1. The molecule has 148 valence electrons. The number of carbonyl (C=O) groups is 1. The number of piperidine rings is 1. The third-order valence-electron chi connectivity index (χ3n) is 7.62. The minimum Gasteiger partial charge on any atom is -0.485 e. The highest BCUT2D eigenvalue weighted by Gasteiger charge is 2.64. The van der Waals surface area contributed by atoms with Gasteiger partial charge in [0.25, 0.3) is 0 Å². The fourth-order valence-corrected chi connectivity index (χ4v) is 6.41. The Kier molecular flexibility index (Phi) is 3.48. The average molecular weight is 387 g/mol. The fourth-order valence-electron chi connectivity index (χ4n) is 6.41. The van der Waals surface area contributed by atoms with Crippen molar-refractivity contribution in [3.8, 4) is 11.5 Å². The molecule has 2 aromatic carbocycles. The number of hydrogen-bond acceptors (Lipinski definition) is 3. The second-order valence-electron chi connectivity index (χ2n) is 8.97. The van der Waals surface area contributed by atoms with Crippen LogP contribution in [0.1, 0.15) is 36.5 Å². The molecule has 0 N–H and O–H groups in total. The Morgan fingerprint density at radius 3 is 2.83 bits per heavy atom. The molecular weight excluding hydrogens is 362 g/mol. The number of ether oxygens (including phenoxy) is 2. The Hall–Kier alpha value is -2.75. The summed E-state index contributed by atoms with van der Waals surface area (Å²) in [5, 5.41) is 0. The molecule has 1 fully saturated rings. The number of para-hydroxylation sites is 1. The van der Waals surface area contributed by atoms with E-state index >= 15 is 0 Å². The Morgan fingerprint density at radius 1 is 1.17 bits per heavy atom. The van der Waals surface area contributed by atoms with Crippen molar-refractivity contribution < 1.29 is 14.3 Å². The predicted octanol–water partition coefficient (Wildman–Crippen LogP) is 4.79. The predicted molar refractivity (Wildman–Crippen MR) is 110 cm³/mol. The molecule has 4 heteroatoms. The van der Waals surface area contributed by atoms with Crippen molar-refractivity contribution in [2.24, 2.45) is 5.92 Å². The van der Waals surface area contributed by atoms with E-state index in [0.29, 0.717) is 18.2 Å². The van der Waals surface area contributed by atoms with E-state index in [2.05, 4.69) is 32.1 Å². The molecular formula is C25H25NO3. The third-order valence-corrected chi connectivity index (χ3v) is 7.62. The lowest BCUT2D eigenvalue weighted by Crippen LogP contribution is -2.65. The van der Waals surface area contributed by atoms with Crippen LogP contribution in [0.25, 0.3) is 0 Å². The molecule has 2 aliphatic carbocycles. The first-order valence-corrected chi connectivity index (χ1v) is 10.6. The SMILES string of the molecule is CC1=CCC2C3Cc4ccc(C)c5c4[C@@]2(CCN3C(=O)Oc2ccccc2)[C@H]1O5. The summed E-state index contributed by atoms with van der Waals surface area (Å²) < 4.78 is 12.3. The van der Waals surface area contributed by atoms with Crippen molar-refractivity contribution in [2.75, 3.05) is 6.54 Å². The monoisotopic (exact) mass is 387 g/mol. The third kappa shape index (κ3) is 2.17. The van der Waals surface area contributed by atoms with Crippen LogP contribution in [0.3, 0.4) is 0 Å². The van der Waals surface area contributed by atoms with Gasteiger partial charge >= 0.3 is 6.09 Å². The Labute approximate surface area is 171 Å². The number of hydrogen-bond donors (Lipinski definition) is 0. The maximum Gasteiger partial charge on any atom is 0.415 e. The number of benzene rings is 2. The standard InChI is InChI=1S/C25H25NO3/c1-15-8-10-17-14-20-19-11-9-16(2)23-25(19,21(17)22(15)29-23)12-13-26(20)24(27)28-18-6-4-3-5-7-18/h3-10,19-20,23H,11-14H2,1-2H3/t19?,20?,23-,25-/m0/s1. The molecule has 1 saturated heterocycles. The maximum absolute atomic E-state index is 13.1. The first-order chi connectivity index (χ1) is 14.1. The molecule has 2 bridgehead atoms. The van der Waals surface area contributed by atoms with Crippen molar-refractivity contribution in [1.82, 2.24) is 4.90 Å². The van der Waals surface area contributed by atoms with E-state index in [1.807, 2.05) is 35.2 Å². The highest BCUT2D eigenvalue weighted by molar-refractivity contribution is 5.72. The van der Waals surface area contributed by atoms with Crippen molar-refractivity contribution in [1.29, 1.82) is 0 Å². The van der Waals surface area contributed by atoms with Crippen LogP contribution in [0.5, 0.6) is 11.5 Å². The summed E-state index contributed by atoms with van der Waals surface area (Å²) >= 11 is 0. The van der Waals surface area contributed by atoms with Gasteiger partial charge in [-0.25, -0.2) is 4.79 Å². The van der Waals surface area contributed by atoms with Gasteiger partial charge in [-0.1, -0.05) is 36.4 Å². The summed E-state index contributed by atoms with van der Waals surface area (Å²) in [4.78, 5) is 15.1. The number of amides is 1. The quantitative estimate of drug-likeness (QED) is 0.661. The van der Waals surface area contributed by atoms with Gasteiger partial charge in [-0.05, 0) is 67.9 Å². The Morgan fingerprint density at radius 2 is 2.00 bits per heavy atom. The van der Waals surface area contributed by atoms with Crippen LogP contribution in [0, 0.1) is 12.8 Å². The van der Waals surface area contributed by atoms with Crippen LogP contribution in [-0.2, 0) is 11.8 Å². The van der Waals surface area contributed by atoms with E-state index in [1.165, 1.54) is 22.3 Å². The van der Waals surface area contributed by atoms with Gasteiger partial charge in [0.05, 0.1) is 0 Å². The van der Waals surface area contributed by atoms with Gasteiger partial charge in [-0.3, -0.25) is 0 Å². The van der Waals surface area contributed by atoms with Gasteiger partial charge in [0.15, 0.2) is 0 Å². The molecule has 4 atom stereocenters. The maximum atomic E-state index is 13.1. The Bertz CT molecular complexity index is 1040. The molecule has 2 unspecified atom stereocenters. The molecule has 29 heavy (non-hydrogen) atoms. The minimum atomic E-state index is -0.228. The molecule has 4 aliphatic rings. The second-order valence-corrected chi connectivity index (χ2v) is 8.97. The van der Waals surface area contributed by atoms with E-state index in [9.17, 15) is 4.79 Å². The van der Waals surface area contributed by atoms with Gasteiger partial charge in [0.1, 0.15) is 17.6 Å². The van der Waals surface area contributed by atoms with Crippen LogP contribution in [0.2, 0.25) is 0 Å². The van der Waals surface area contributed by atoms with Crippen LogP contribution in [0.4, 0.5) is 4.79 Å².